The third kappa shape index (κ3) is 2.95. The Labute approximate surface area is 212 Å². The monoisotopic (exact) mass is 755 g/mol. The molecule has 4 aliphatic carbocycles. The fraction of sp³-hybridized carbons (Fsp3) is 0.577. The average Bonchev–Trinajstić information content (AvgIpc) is 3.21. The molecule has 4 saturated carbocycles. The normalized spacial score (nSPS) is 42.4. The molecule has 32 heavy (non-hydrogen) atoms. The summed E-state index contributed by atoms with van der Waals surface area (Å²) < 4.78 is 3.39. The van der Waals surface area contributed by atoms with Gasteiger partial charge in [0.2, 0.25) is 0 Å². The van der Waals surface area contributed by atoms with Crippen LogP contribution in [0, 0.1) is 17.8 Å². The molecule has 5 fully saturated rings. The van der Waals surface area contributed by atoms with E-state index >= 15 is 0 Å². The first kappa shape index (κ1) is 22.6. The van der Waals surface area contributed by atoms with E-state index in [0.29, 0.717) is 11.6 Å². The summed E-state index contributed by atoms with van der Waals surface area (Å²) in [6.45, 7) is 6.28. The first-order valence-electron chi connectivity index (χ1n) is 12.2. The number of para-hydroxylation sites is 2. The Morgan fingerprint density at radius 3 is 1.88 bits per heavy atom. The molecule has 6 bridgehead atoms. The SMILES string of the molecule is CC(C)[N+]12C[N+](C34CC5CC(CC(C5)C3)C4)(c3ccccc31)[CH]2[Po]([Br])[Br].c1ccncc1. The number of hydrogen-bond acceptors (Lipinski definition) is 1. The Kier molecular flexibility index (Phi) is 5.71. The van der Waals surface area contributed by atoms with Crippen molar-refractivity contribution in [1.82, 2.24) is 14.0 Å². The first-order chi connectivity index (χ1) is 15.4. The van der Waals surface area contributed by atoms with Crippen LogP contribution in [-0.4, -0.2) is 44.4 Å². The van der Waals surface area contributed by atoms with Crippen LogP contribution in [0.1, 0.15) is 52.4 Å². The van der Waals surface area contributed by atoms with E-state index in [1.165, 1.54) is 34.9 Å². The molecule has 6 heteroatoms. The second-order valence-electron chi connectivity index (χ2n) is 11.3. The Hall–Kier alpha value is 0.146. The third-order valence-corrected chi connectivity index (χ3v) is 19.5. The number of halogens is 2. The van der Waals surface area contributed by atoms with Crippen LogP contribution in [0.2, 0.25) is 0 Å². The summed E-state index contributed by atoms with van der Waals surface area (Å²) in [4.78, 5) is 3.78. The van der Waals surface area contributed by atoms with E-state index < -0.39 is 17.3 Å². The molecular weight excluding hydrogens is 723 g/mol. The van der Waals surface area contributed by atoms with Gasteiger partial charge in [0.1, 0.15) is 0 Å². The van der Waals surface area contributed by atoms with Crippen LogP contribution in [0.3, 0.4) is 0 Å². The van der Waals surface area contributed by atoms with Crippen LogP contribution in [0.4, 0.5) is 11.4 Å². The standard InChI is InChI=1S/C21H29N2.C5H5N.2BrH.Po/c1-15(2)22-13-23(14-22,20-6-4-3-5-19(20)22)21-10-16-7-17(11-21)9-18(8-16)12-21;1-2-4-6-5-3-1;;;/h3-6,13,15-18H,7-12,14H2,1-2H3;1-5H;2*1H;/q+2;;;;+2/p-2. The number of pyridine rings is 1. The zero-order valence-electron chi connectivity index (χ0n) is 19.0. The van der Waals surface area contributed by atoms with Crippen LogP contribution in [-0.2, 0) is 0 Å². The minimum Gasteiger partial charge on any atom is -0.265 e. The molecule has 7 aliphatic rings. The molecule has 3 aliphatic heterocycles. The third-order valence-electron chi connectivity index (χ3n) is 9.49. The van der Waals surface area contributed by atoms with Gasteiger partial charge < -0.3 is 0 Å². The second-order valence-corrected chi connectivity index (χ2v) is 34.6. The minimum atomic E-state index is -1.78. The summed E-state index contributed by atoms with van der Waals surface area (Å²) >= 11 is 6.67. The van der Waals surface area contributed by atoms with E-state index in [1.54, 1.807) is 43.0 Å². The molecule has 0 N–H and O–H groups in total. The maximum Gasteiger partial charge on any atom is 0.0267 e. The van der Waals surface area contributed by atoms with Crippen molar-refractivity contribution in [2.45, 2.75) is 67.8 Å². The summed E-state index contributed by atoms with van der Waals surface area (Å²) in [5.41, 5.74) is 3.93. The Morgan fingerprint density at radius 2 is 1.44 bits per heavy atom. The van der Waals surface area contributed by atoms with Gasteiger partial charge in [-0.15, -0.1) is 0 Å². The molecule has 1 saturated heterocycles. The summed E-state index contributed by atoms with van der Waals surface area (Å²) in [5.74, 6) is 3.09. The van der Waals surface area contributed by atoms with Crippen LogP contribution >= 0.6 is 24.3 Å². The number of quaternary nitrogens is 2. The molecule has 171 valence electrons. The molecule has 4 heterocycles. The van der Waals surface area contributed by atoms with Gasteiger partial charge in [-0.3, -0.25) is 4.98 Å². The Morgan fingerprint density at radius 1 is 0.875 bits per heavy atom. The van der Waals surface area contributed by atoms with Gasteiger partial charge in [-0.2, -0.15) is 0 Å². The number of aromatic nitrogens is 1. The number of rotatable bonds is 3. The predicted molar refractivity (Wildman–Crippen MR) is 143 cm³/mol. The van der Waals surface area contributed by atoms with Crippen molar-refractivity contribution in [2.24, 2.45) is 17.8 Å². The van der Waals surface area contributed by atoms with Crippen LogP contribution in [0.5, 0.6) is 0 Å². The smallest absolute Gasteiger partial charge is 0.0267 e. The number of nitrogens with zero attached hydrogens (tertiary/aromatic N) is 3. The zero-order valence-corrected chi connectivity index (χ0v) is 25.4. The van der Waals surface area contributed by atoms with Crippen LogP contribution in [0.15, 0.2) is 54.9 Å². The topological polar surface area (TPSA) is 12.9 Å². The van der Waals surface area contributed by atoms with E-state index in [2.05, 4.69) is 67.4 Å². The Balaban J connectivity index is 0.000000285. The van der Waals surface area contributed by atoms with Gasteiger partial charge in [-0.1, -0.05) is 6.07 Å². The predicted octanol–water partition coefficient (Wildman–Crippen LogP) is 6.89. The molecule has 1 radical (unpaired) electrons. The quantitative estimate of drug-likeness (QED) is 0.311. The fourth-order valence-electron chi connectivity index (χ4n) is 8.79. The molecule has 0 amide bonds. The summed E-state index contributed by atoms with van der Waals surface area (Å²) in [6, 6.07) is 16.0. The molecule has 0 spiro atoms. The van der Waals surface area contributed by atoms with Crippen molar-refractivity contribution in [3.8, 4) is 0 Å². The van der Waals surface area contributed by atoms with Gasteiger partial charge in [0, 0.05) is 12.4 Å². The summed E-state index contributed by atoms with van der Waals surface area (Å²) in [7, 11) is 0. The first-order valence-corrected chi connectivity index (χ1v) is 27.8. The van der Waals surface area contributed by atoms with Gasteiger partial charge in [0.15, 0.2) is 0 Å². The molecule has 9 rings (SSSR count). The summed E-state index contributed by atoms with van der Waals surface area (Å²) in [5, 5.41) is 0. The van der Waals surface area contributed by atoms with E-state index in [1.807, 2.05) is 18.2 Å². The zero-order chi connectivity index (χ0) is 22.1. The maximum atomic E-state index is 4.23. The van der Waals surface area contributed by atoms with E-state index in [-0.39, 0.29) is 0 Å². The van der Waals surface area contributed by atoms with Crippen molar-refractivity contribution < 1.29 is 0 Å². The largest absolute Gasteiger partial charge is 0.265 e. The van der Waals surface area contributed by atoms with Crippen molar-refractivity contribution in [2.75, 3.05) is 6.67 Å². The second kappa shape index (κ2) is 8.09. The maximum absolute atomic E-state index is 4.23. The van der Waals surface area contributed by atoms with E-state index in [0.717, 1.165) is 21.6 Å². The molecule has 3 unspecified atom stereocenters. The van der Waals surface area contributed by atoms with Gasteiger partial charge >= 0.3 is 178 Å². The Bertz CT molecular complexity index is 938. The fourth-order valence-corrected chi connectivity index (χ4v) is 24.4. The summed E-state index contributed by atoms with van der Waals surface area (Å²) in [6.07, 6.45) is 12.7. The van der Waals surface area contributed by atoms with Crippen LogP contribution in [0.25, 0.3) is 0 Å². The molecule has 2 aromatic rings. The molecule has 1 aromatic heterocycles. The van der Waals surface area contributed by atoms with Crippen molar-refractivity contribution in [3.63, 3.8) is 0 Å². The van der Waals surface area contributed by atoms with Gasteiger partial charge in [-0.05, 0) is 12.1 Å². The van der Waals surface area contributed by atoms with Gasteiger partial charge in [-0.25, -0.2) is 0 Å². The minimum absolute atomic E-state index is 0.551. The van der Waals surface area contributed by atoms with Gasteiger partial charge in [0.05, 0.1) is 0 Å². The molecular formula is C26H34Br2N3Po+2. The van der Waals surface area contributed by atoms with Gasteiger partial charge in [0.25, 0.3) is 0 Å². The van der Waals surface area contributed by atoms with Crippen molar-refractivity contribution in [1.29, 1.82) is 0 Å². The molecule has 1 aromatic carbocycles. The molecule has 3 nitrogen and oxygen atoms in total. The van der Waals surface area contributed by atoms with Crippen LogP contribution < -0.4 is 8.97 Å². The van der Waals surface area contributed by atoms with Crippen molar-refractivity contribution >= 4 is 53.0 Å². The van der Waals surface area contributed by atoms with E-state index in [4.69, 9.17) is 0 Å². The van der Waals surface area contributed by atoms with Crippen molar-refractivity contribution in [3.05, 3.63) is 54.9 Å². The number of hydrogen-bond donors (Lipinski definition) is 0. The number of benzene rings is 1. The average molecular weight is 757 g/mol. The van der Waals surface area contributed by atoms with E-state index in [9.17, 15) is 0 Å². The molecule has 3 atom stereocenters.